The van der Waals surface area contributed by atoms with Crippen LogP contribution in [0.15, 0.2) is 47.6 Å². The zero-order valence-corrected chi connectivity index (χ0v) is 12.4. The van der Waals surface area contributed by atoms with Crippen molar-refractivity contribution in [3.63, 3.8) is 0 Å². The Balaban J connectivity index is 2.03. The number of nitrogens with zero attached hydrogens (tertiary/aromatic N) is 1. The average Bonchev–Trinajstić information content (AvgIpc) is 2.49. The van der Waals surface area contributed by atoms with Crippen LogP contribution in [0.25, 0.3) is 0 Å². The first kappa shape index (κ1) is 15.3. The second-order valence-corrected chi connectivity index (χ2v) is 6.10. The predicted octanol–water partition coefficient (Wildman–Crippen LogP) is 1.35. The number of benzene rings is 1. The molecule has 2 aromatic rings. The van der Waals surface area contributed by atoms with Crippen LogP contribution in [-0.4, -0.2) is 32.1 Å². The molecule has 0 unspecified atom stereocenters. The second kappa shape index (κ2) is 6.55. The lowest BCUT2D eigenvalue weighted by atomic mass is 10.1. The van der Waals surface area contributed by atoms with Crippen molar-refractivity contribution in [2.24, 2.45) is 0 Å². The zero-order valence-electron chi connectivity index (χ0n) is 11.6. The van der Waals surface area contributed by atoms with Crippen molar-refractivity contribution in [2.45, 2.75) is 11.4 Å². The molecule has 21 heavy (non-hydrogen) atoms. The number of sulfonamides is 1. The van der Waals surface area contributed by atoms with Gasteiger partial charge in [0.1, 0.15) is 5.75 Å². The van der Waals surface area contributed by atoms with Crippen LogP contribution in [-0.2, 0) is 16.4 Å². The Bertz CT molecular complexity index is 700. The minimum atomic E-state index is -3.65. The van der Waals surface area contributed by atoms with Crippen molar-refractivity contribution in [3.8, 4) is 5.75 Å². The molecule has 0 aliphatic heterocycles. The van der Waals surface area contributed by atoms with Gasteiger partial charge >= 0.3 is 0 Å². The normalized spacial score (nSPS) is 11.3. The highest BCUT2D eigenvalue weighted by atomic mass is 32.2. The fraction of sp³-hybridized carbons (Fsp3) is 0.214. The van der Waals surface area contributed by atoms with E-state index in [2.05, 4.69) is 15.0 Å². The maximum atomic E-state index is 12.2. The topological polar surface area (TPSA) is 91.3 Å². The third-order valence-corrected chi connectivity index (χ3v) is 4.36. The van der Waals surface area contributed by atoms with Gasteiger partial charge in [-0.2, -0.15) is 0 Å². The molecule has 0 saturated heterocycles. The molecule has 3 N–H and O–H groups in total. The third-order valence-electron chi connectivity index (χ3n) is 2.94. The lowest BCUT2D eigenvalue weighted by Crippen LogP contribution is -2.27. The Morgan fingerprint density at radius 3 is 2.57 bits per heavy atom. The van der Waals surface area contributed by atoms with E-state index in [-0.39, 0.29) is 17.3 Å². The van der Waals surface area contributed by atoms with Gasteiger partial charge in [0.25, 0.3) is 10.0 Å². The van der Waals surface area contributed by atoms with E-state index in [1.54, 1.807) is 43.4 Å². The van der Waals surface area contributed by atoms with Crippen LogP contribution in [0, 0.1) is 0 Å². The van der Waals surface area contributed by atoms with E-state index >= 15 is 0 Å². The number of phenolic OH excluding ortho intramolecular Hbond substituents is 1. The van der Waals surface area contributed by atoms with E-state index in [1.165, 1.54) is 6.20 Å². The monoisotopic (exact) mass is 307 g/mol. The lowest BCUT2D eigenvalue weighted by Gasteiger charge is -2.10. The van der Waals surface area contributed by atoms with Crippen molar-refractivity contribution in [3.05, 3.63) is 48.2 Å². The molecule has 6 nitrogen and oxygen atoms in total. The van der Waals surface area contributed by atoms with Gasteiger partial charge in [-0.3, -0.25) is 0 Å². The van der Waals surface area contributed by atoms with Crippen LogP contribution >= 0.6 is 0 Å². The summed E-state index contributed by atoms with van der Waals surface area (Å²) >= 11 is 0. The number of aromatic hydroxyl groups is 1. The summed E-state index contributed by atoms with van der Waals surface area (Å²) in [5, 5.41) is 12.0. The van der Waals surface area contributed by atoms with Crippen LogP contribution in [0.1, 0.15) is 5.56 Å². The van der Waals surface area contributed by atoms with Crippen LogP contribution in [0.3, 0.4) is 0 Å². The van der Waals surface area contributed by atoms with Gasteiger partial charge in [0, 0.05) is 19.8 Å². The Morgan fingerprint density at radius 2 is 1.90 bits per heavy atom. The number of aromatic nitrogens is 1. The minimum absolute atomic E-state index is 0.0155. The summed E-state index contributed by atoms with van der Waals surface area (Å²) in [5.41, 5.74) is 1.39. The molecule has 0 aliphatic carbocycles. The van der Waals surface area contributed by atoms with Gasteiger partial charge < -0.3 is 10.4 Å². The molecule has 0 amide bonds. The Labute approximate surface area is 123 Å². The maximum Gasteiger partial charge on any atom is 0.260 e. The van der Waals surface area contributed by atoms with Gasteiger partial charge in [0.05, 0.1) is 5.69 Å². The summed E-state index contributed by atoms with van der Waals surface area (Å²) < 4.78 is 26.9. The maximum absolute atomic E-state index is 12.2. The SMILES string of the molecule is CNc1cccnc1S(=O)(=O)NCCc1ccc(O)cc1. The molecule has 7 heteroatoms. The number of rotatable bonds is 6. The van der Waals surface area contributed by atoms with E-state index < -0.39 is 10.0 Å². The Kier molecular flexibility index (Phi) is 4.77. The molecular weight excluding hydrogens is 290 g/mol. The number of phenols is 1. The molecule has 2 rings (SSSR count). The van der Waals surface area contributed by atoms with Crippen molar-refractivity contribution in [1.29, 1.82) is 0 Å². The van der Waals surface area contributed by atoms with E-state index in [4.69, 9.17) is 0 Å². The molecular formula is C14H17N3O3S. The molecule has 0 aliphatic rings. The highest BCUT2D eigenvalue weighted by molar-refractivity contribution is 7.89. The Hall–Kier alpha value is -2.12. The Morgan fingerprint density at radius 1 is 1.19 bits per heavy atom. The van der Waals surface area contributed by atoms with Gasteiger partial charge in [0.2, 0.25) is 0 Å². The summed E-state index contributed by atoms with van der Waals surface area (Å²) in [6, 6.07) is 9.97. The number of anilines is 1. The van der Waals surface area contributed by atoms with Crippen LogP contribution in [0.5, 0.6) is 5.75 Å². The number of hydrogen-bond donors (Lipinski definition) is 3. The molecule has 112 valence electrons. The zero-order chi connectivity index (χ0) is 15.3. The van der Waals surface area contributed by atoms with Crippen LogP contribution in [0.2, 0.25) is 0 Å². The van der Waals surface area contributed by atoms with Crippen molar-refractivity contribution in [1.82, 2.24) is 9.71 Å². The number of hydrogen-bond acceptors (Lipinski definition) is 5. The molecule has 0 atom stereocenters. The largest absolute Gasteiger partial charge is 0.508 e. The van der Waals surface area contributed by atoms with Gasteiger partial charge in [-0.25, -0.2) is 18.1 Å². The van der Waals surface area contributed by atoms with Crippen molar-refractivity contribution < 1.29 is 13.5 Å². The average molecular weight is 307 g/mol. The van der Waals surface area contributed by atoms with Gasteiger partial charge in [-0.05, 0) is 36.2 Å². The lowest BCUT2D eigenvalue weighted by molar-refractivity contribution is 0.475. The number of nitrogens with one attached hydrogen (secondary N) is 2. The smallest absolute Gasteiger partial charge is 0.260 e. The van der Waals surface area contributed by atoms with E-state index in [1.807, 2.05) is 0 Å². The quantitative estimate of drug-likeness (QED) is 0.749. The van der Waals surface area contributed by atoms with Crippen molar-refractivity contribution >= 4 is 15.7 Å². The standard InChI is InChI=1S/C14H17N3O3S/c1-15-13-3-2-9-16-14(13)21(19,20)17-10-8-11-4-6-12(18)7-5-11/h2-7,9,15,17-18H,8,10H2,1H3. The molecule has 1 aromatic heterocycles. The van der Waals surface area contributed by atoms with E-state index in [9.17, 15) is 13.5 Å². The molecule has 0 radical (unpaired) electrons. The summed E-state index contributed by atoms with van der Waals surface area (Å²) in [4.78, 5) is 3.91. The highest BCUT2D eigenvalue weighted by Gasteiger charge is 2.18. The fourth-order valence-corrected chi connectivity index (χ4v) is 3.02. The number of pyridine rings is 1. The van der Waals surface area contributed by atoms with Gasteiger partial charge in [-0.1, -0.05) is 12.1 Å². The fourth-order valence-electron chi connectivity index (χ4n) is 1.86. The highest BCUT2D eigenvalue weighted by Crippen LogP contribution is 2.17. The van der Waals surface area contributed by atoms with Crippen molar-refractivity contribution in [2.75, 3.05) is 18.9 Å². The predicted molar refractivity (Wildman–Crippen MR) is 80.8 cm³/mol. The van der Waals surface area contributed by atoms with Gasteiger partial charge in [0.15, 0.2) is 5.03 Å². The molecule has 0 saturated carbocycles. The second-order valence-electron chi connectivity index (χ2n) is 4.42. The van der Waals surface area contributed by atoms with Crippen LogP contribution in [0.4, 0.5) is 5.69 Å². The first-order valence-electron chi connectivity index (χ1n) is 6.43. The molecule has 0 spiro atoms. The summed E-state index contributed by atoms with van der Waals surface area (Å²) in [5.74, 6) is 0.187. The van der Waals surface area contributed by atoms with E-state index in [0.29, 0.717) is 12.1 Å². The molecule has 0 bridgehead atoms. The first-order valence-corrected chi connectivity index (χ1v) is 7.91. The molecule has 1 heterocycles. The minimum Gasteiger partial charge on any atom is -0.508 e. The summed E-state index contributed by atoms with van der Waals surface area (Å²) in [6.07, 6.45) is 1.97. The summed E-state index contributed by atoms with van der Waals surface area (Å²) in [7, 11) is -2.01. The van der Waals surface area contributed by atoms with Gasteiger partial charge in [-0.15, -0.1) is 0 Å². The molecule has 1 aromatic carbocycles. The van der Waals surface area contributed by atoms with E-state index in [0.717, 1.165) is 5.56 Å². The van der Waals surface area contributed by atoms with Crippen LogP contribution < -0.4 is 10.0 Å². The first-order chi connectivity index (χ1) is 10.0. The summed E-state index contributed by atoms with van der Waals surface area (Å²) in [6.45, 7) is 0.257. The third kappa shape index (κ3) is 3.93. The molecule has 0 fully saturated rings.